The Kier molecular flexibility index (Phi) is 14.8. The molecule has 1 atom stereocenters. The summed E-state index contributed by atoms with van der Waals surface area (Å²) in [6, 6.07) is 0. The van der Waals surface area contributed by atoms with Gasteiger partial charge in [0.05, 0.1) is 0 Å². The number of rotatable bonds is 18. The molecule has 2 nitrogen and oxygen atoms in total. The van der Waals surface area contributed by atoms with Gasteiger partial charge in [-0.25, -0.2) is 0 Å². The van der Waals surface area contributed by atoms with Crippen molar-refractivity contribution in [3.63, 3.8) is 0 Å². The average Bonchev–Trinajstić information content (AvgIpc) is 3.02. The summed E-state index contributed by atoms with van der Waals surface area (Å²) >= 11 is 0. The van der Waals surface area contributed by atoms with Gasteiger partial charge >= 0.3 is 0 Å². The second-order valence-electron chi connectivity index (χ2n) is 8.29. The molecule has 26 heavy (non-hydrogen) atoms. The van der Waals surface area contributed by atoms with Crippen molar-refractivity contribution in [1.82, 2.24) is 9.80 Å². The van der Waals surface area contributed by atoms with Crippen LogP contribution in [0.4, 0.5) is 0 Å². The van der Waals surface area contributed by atoms with Crippen LogP contribution in [-0.4, -0.2) is 29.1 Å². The number of hydrogen-bond acceptors (Lipinski definition) is 2. The van der Waals surface area contributed by atoms with E-state index in [1.165, 1.54) is 116 Å². The molecule has 154 valence electrons. The Balaban J connectivity index is 2.15. The van der Waals surface area contributed by atoms with E-state index in [9.17, 15) is 0 Å². The molecule has 0 aromatic carbocycles. The molecule has 1 aliphatic heterocycles. The van der Waals surface area contributed by atoms with Crippen molar-refractivity contribution < 1.29 is 0 Å². The van der Waals surface area contributed by atoms with Crippen LogP contribution >= 0.6 is 0 Å². The third-order valence-corrected chi connectivity index (χ3v) is 5.78. The topological polar surface area (TPSA) is 6.48 Å². The largest absolute Gasteiger partial charge is 0.356 e. The Hall–Kier alpha value is -0.660. The van der Waals surface area contributed by atoms with Crippen molar-refractivity contribution in [2.75, 3.05) is 13.1 Å². The highest BCUT2D eigenvalue weighted by molar-refractivity contribution is 4.96. The minimum absolute atomic E-state index is 0.644. The van der Waals surface area contributed by atoms with Gasteiger partial charge in [-0.1, -0.05) is 97.8 Å². The smallest absolute Gasteiger partial charge is 0.101 e. The van der Waals surface area contributed by atoms with E-state index < -0.39 is 0 Å². The van der Waals surface area contributed by atoms with Gasteiger partial charge < -0.3 is 9.80 Å². The molecule has 1 heterocycles. The van der Waals surface area contributed by atoms with Crippen LogP contribution < -0.4 is 0 Å². The summed E-state index contributed by atoms with van der Waals surface area (Å²) < 4.78 is 0. The fraction of sp³-hybridized carbons (Fsp3) is 0.917. The summed E-state index contributed by atoms with van der Waals surface area (Å²) in [5, 5.41) is 0. The maximum Gasteiger partial charge on any atom is 0.101 e. The van der Waals surface area contributed by atoms with Gasteiger partial charge in [-0.3, -0.25) is 0 Å². The minimum Gasteiger partial charge on any atom is -0.356 e. The van der Waals surface area contributed by atoms with Gasteiger partial charge in [0, 0.05) is 25.5 Å². The van der Waals surface area contributed by atoms with Gasteiger partial charge in [0.15, 0.2) is 0 Å². The van der Waals surface area contributed by atoms with Gasteiger partial charge in [0.2, 0.25) is 0 Å². The first kappa shape index (κ1) is 23.4. The van der Waals surface area contributed by atoms with E-state index in [1.54, 1.807) is 0 Å². The molecule has 0 aliphatic carbocycles. The first-order chi connectivity index (χ1) is 12.8. The maximum atomic E-state index is 2.64. The van der Waals surface area contributed by atoms with Crippen molar-refractivity contribution in [2.24, 2.45) is 0 Å². The number of nitrogens with zero attached hydrogens (tertiary/aromatic N) is 2. The Morgan fingerprint density at radius 2 is 0.962 bits per heavy atom. The van der Waals surface area contributed by atoms with Crippen molar-refractivity contribution >= 4 is 0 Å². The predicted octanol–water partition coefficient (Wildman–Crippen LogP) is 7.70. The van der Waals surface area contributed by atoms with Gasteiger partial charge in [0.25, 0.3) is 0 Å². The highest BCUT2D eigenvalue weighted by Crippen LogP contribution is 2.23. The average molecular weight is 365 g/mol. The van der Waals surface area contributed by atoms with Crippen LogP contribution in [0.1, 0.15) is 124 Å². The SMILES string of the molecule is CCCCCCCCCCCN1C=CN(CCC)C1CCCCCCC. The fourth-order valence-corrected chi connectivity index (χ4v) is 4.13. The molecule has 0 bridgehead atoms. The molecular weight excluding hydrogens is 316 g/mol. The molecule has 0 aromatic heterocycles. The van der Waals surface area contributed by atoms with Gasteiger partial charge in [-0.15, -0.1) is 0 Å². The molecule has 0 fully saturated rings. The van der Waals surface area contributed by atoms with Crippen LogP contribution in [0.3, 0.4) is 0 Å². The number of hydrogen-bond donors (Lipinski definition) is 0. The first-order valence-corrected chi connectivity index (χ1v) is 12.0. The lowest BCUT2D eigenvalue weighted by Gasteiger charge is -2.33. The van der Waals surface area contributed by atoms with E-state index in [0.29, 0.717) is 6.17 Å². The highest BCUT2D eigenvalue weighted by atomic mass is 15.4. The summed E-state index contributed by atoms with van der Waals surface area (Å²) in [6.07, 6.45) is 27.7. The summed E-state index contributed by atoms with van der Waals surface area (Å²) in [5.74, 6) is 0. The van der Waals surface area contributed by atoms with Gasteiger partial charge in [-0.2, -0.15) is 0 Å². The molecule has 0 saturated heterocycles. The molecule has 1 rings (SSSR count). The standard InChI is InChI=1S/C24H48N2/c1-4-7-9-11-12-13-14-16-18-21-26-23-22-25(20-6-3)24(26)19-17-15-10-8-5-2/h22-24H,4-21H2,1-3H3. The zero-order chi connectivity index (χ0) is 18.9. The van der Waals surface area contributed by atoms with Gasteiger partial charge in [-0.05, 0) is 25.7 Å². The molecule has 0 spiro atoms. The zero-order valence-electron chi connectivity index (χ0n) is 18.4. The van der Waals surface area contributed by atoms with Crippen molar-refractivity contribution in [2.45, 2.75) is 130 Å². The minimum atomic E-state index is 0.644. The monoisotopic (exact) mass is 364 g/mol. The third-order valence-electron chi connectivity index (χ3n) is 5.78. The molecule has 0 aromatic rings. The molecule has 1 unspecified atom stereocenters. The van der Waals surface area contributed by atoms with Crippen molar-refractivity contribution in [3.05, 3.63) is 12.4 Å². The second-order valence-corrected chi connectivity index (χ2v) is 8.29. The van der Waals surface area contributed by atoms with Crippen LogP contribution in [0, 0.1) is 0 Å². The van der Waals surface area contributed by atoms with E-state index in [-0.39, 0.29) is 0 Å². The Morgan fingerprint density at radius 3 is 1.50 bits per heavy atom. The quantitative estimate of drug-likeness (QED) is 0.230. The molecule has 0 saturated carbocycles. The van der Waals surface area contributed by atoms with Crippen LogP contribution in [-0.2, 0) is 0 Å². The Labute approximate surface area is 165 Å². The van der Waals surface area contributed by atoms with E-state index in [4.69, 9.17) is 0 Å². The predicted molar refractivity (Wildman–Crippen MR) is 117 cm³/mol. The van der Waals surface area contributed by atoms with Crippen molar-refractivity contribution in [3.8, 4) is 0 Å². The van der Waals surface area contributed by atoms with E-state index in [1.807, 2.05) is 0 Å². The lowest BCUT2D eigenvalue weighted by Crippen LogP contribution is -2.39. The molecule has 2 heteroatoms. The van der Waals surface area contributed by atoms with E-state index in [2.05, 4.69) is 43.0 Å². The molecule has 0 amide bonds. The summed E-state index contributed by atoms with van der Waals surface area (Å²) in [5.41, 5.74) is 0. The Bertz CT molecular complexity index is 326. The van der Waals surface area contributed by atoms with Crippen LogP contribution in [0.15, 0.2) is 12.4 Å². The van der Waals surface area contributed by atoms with Crippen LogP contribution in [0.2, 0.25) is 0 Å². The maximum absolute atomic E-state index is 2.64. The molecular formula is C24H48N2. The van der Waals surface area contributed by atoms with E-state index in [0.717, 1.165) is 0 Å². The van der Waals surface area contributed by atoms with Crippen LogP contribution in [0.5, 0.6) is 0 Å². The normalized spacial score (nSPS) is 16.8. The zero-order valence-corrected chi connectivity index (χ0v) is 18.4. The number of unbranched alkanes of at least 4 members (excludes halogenated alkanes) is 12. The first-order valence-electron chi connectivity index (χ1n) is 12.0. The second kappa shape index (κ2) is 16.5. The summed E-state index contributed by atoms with van der Waals surface area (Å²) in [6.45, 7) is 9.37. The van der Waals surface area contributed by atoms with E-state index >= 15 is 0 Å². The summed E-state index contributed by atoms with van der Waals surface area (Å²) in [4.78, 5) is 5.23. The fourth-order valence-electron chi connectivity index (χ4n) is 4.13. The lowest BCUT2D eigenvalue weighted by atomic mass is 10.1. The molecule has 0 radical (unpaired) electrons. The molecule has 0 N–H and O–H groups in total. The molecule has 1 aliphatic rings. The van der Waals surface area contributed by atoms with Crippen molar-refractivity contribution in [1.29, 1.82) is 0 Å². The lowest BCUT2D eigenvalue weighted by molar-refractivity contribution is 0.137. The Morgan fingerprint density at radius 1 is 0.500 bits per heavy atom. The van der Waals surface area contributed by atoms with Gasteiger partial charge in [0.1, 0.15) is 6.17 Å². The highest BCUT2D eigenvalue weighted by Gasteiger charge is 2.24. The van der Waals surface area contributed by atoms with Crippen LogP contribution in [0.25, 0.3) is 0 Å². The third kappa shape index (κ3) is 10.5. The summed E-state index contributed by atoms with van der Waals surface area (Å²) in [7, 11) is 0.